The Hall–Kier alpha value is -3.13. The van der Waals surface area contributed by atoms with Gasteiger partial charge in [0.15, 0.2) is 5.89 Å². The molecule has 0 fully saturated rings. The van der Waals surface area contributed by atoms with Crippen molar-refractivity contribution in [3.8, 4) is 11.3 Å². The van der Waals surface area contributed by atoms with Gasteiger partial charge in [0.2, 0.25) is 5.88 Å². The summed E-state index contributed by atoms with van der Waals surface area (Å²) >= 11 is 0. The van der Waals surface area contributed by atoms with E-state index in [1.54, 1.807) is 18.2 Å². The van der Waals surface area contributed by atoms with Crippen molar-refractivity contribution in [1.29, 1.82) is 0 Å². The summed E-state index contributed by atoms with van der Waals surface area (Å²) < 4.78 is 38.1. The van der Waals surface area contributed by atoms with Crippen molar-refractivity contribution in [2.45, 2.75) is 24.2 Å². The molecule has 1 aromatic heterocycles. The minimum atomic E-state index is -3.83. The Labute approximate surface area is 163 Å². The smallest absolute Gasteiger partial charge is 0.305 e. The molecule has 1 heterocycles. The minimum absolute atomic E-state index is 0.0446. The van der Waals surface area contributed by atoms with E-state index in [1.165, 1.54) is 19.2 Å². The normalized spacial score (nSPS) is 11.2. The van der Waals surface area contributed by atoms with Gasteiger partial charge < -0.3 is 9.15 Å². The lowest BCUT2D eigenvalue weighted by molar-refractivity contribution is -0.140. The van der Waals surface area contributed by atoms with E-state index in [-0.39, 0.29) is 23.2 Å². The fraction of sp³-hybridized carbons (Fsp3) is 0.200. The molecular formula is C20H20N2O5S. The van der Waals surface area contributed by atoms with Crippen molar-refractivity contribution in [1.82, 2.24) is 4.98 Å². The van der Waals surface area contributed by atoms with Crippen LogP contribution >= 0.6 is 0 Å². The zero-order valence-corrected chi connectivity index (χ0v) is 16.1. The summed E-state index contributed by atoms with van der Waals surface area (Å²) in [6, 6.07) is 17.2. The molecule has 0 aliphatic rings. The highest BCUT2D eigenvalue weighted by Crippen LogP contribution is 2.30. The van der Waals surface area contributed by atoms with Gasteiger partial charge in [-0.25, -0.2) is 18.1 Å². The molecule has 0 bridgehead atoms. The van der Waals surface area contributed by atoms with Gasteiger partial charge in [-0.15, -0.1) is 0 Å². The molecule has 28 heavy (non-hydrogen) atoms. The van der Waals surface area contributed by atoms with Crippen LogP contribution in [0.25, 0.3) is 11.3 Å². The zero-order chi connectivity index (χ0) is 20.0. The van der Waals surface area contributed by atoms with E-state index in [2.05, 4.69) is 14.4 Å². The number of carbonyl (C=O) groups excluding carboxylic acids is 1. The number of aromatic nitrogens is 1. The van der Waals surface area contributed by atoms with Crippen molar-refractivity contribution < 1.29 is 22.4 Å². The lowest BCUT2D eigenvalue weighted by Gasteiger charge is -2.06. The summed E-state index contributed by atoms with van der Waals surface area (Å²) in [5, 5.41) is 0. The third-order valence-electron chi connectivity index (χ3n) is 4.00. The van der Waals surface area contributed by atoms with Crippen LogP contribution < -0.4 is 4.72 Å². The van der Waals surface area contributed by atoms with Crippen LogP contribution in [0.15, 0.2) is 70.0 Å². The molecule has 0 spiro atoms. The lowest BCUT2D eigenvalue weighted by Crippen LogP contribution is -2.12. The third kappa shape index (κ3) is 4.77. The maximum absolute atomic E-state index is 12.7. The molecule has 2 aromatic carbocycles. The Kier molecular flexibility index (Phi) is 6.10. The Morgan fingerprint density at radius 3 is 2.36 bits per heavy atom. The van der Waals surface area contributed by atoms with Gasteiger partial charge in [0.05, 0.1) is 12.0 Å². The first-order valence-corrected chi connectivity index (χ1v) is 10.2. The number of aryl methyl sites for hydroxylation is 1. The van der Waals surface area contributed by atoms with Crippen LogP contribution in [0.2, 0.25) is 0 Å². The van der Waals surface area contributed by atoms with E-state index in [9.17, 15) is 13.2 Å². The predicted molar refractivity (Wildman–Crippen MR) is 104 cm³/mol. The molecule has 3 rings (SSSR count). The molecule has 1 N–H and O–H groups in total. The van der Waals surface area contributed by atoms with Gasteiger partial charge in [0, 0.05) is 18.4 Å². The zero-order valence-electron chi connectivity index (χ0n) is 15.3. The van der Waals surface area contributed by atoms with Gasteiger partial charge in [-0.2, -0.15) is 0 Å². The lowest BCUT2D eigenvalue weighted by atomic mass is 10.1. The highest BCUT2D eigenvalue weighted by atomic mass is 32.2. The van der Waals surface area contributed by atoms with Gasteiger partial charge in [0.1, 0.15) is 5.69 Å². The number of carbonyl (C=O) groups is 1. The summed E-state index contributed by atoms with van der Waals surface area (Å²) in [6.45, 7) is 0. The fourth-order valence-electron chi connectivity index (χ4n) is 2.60. The number of hydrogen-bond donors (Lipinski definition) is 1. The summed E-state index contributed by atoms with van der Waals surface area (Å²) in [6.07, 6.45) is 1.08. The Balaban J connectivity index is 1.89. The molecular weight excluding hydrogens is 380 g/mol. The SMILES string of the molecule is COC(=O)CCCc1nc(-c2ccccc2)c(NS(=O)(=O)c2ccccc2)o1. The van der Waals surface area contributed by atoms with Crippen LogP contribution in [0.3, 0.4) is 0 Å². The number of oxazole rings is 1. The second-order valence-corrected chi connectivity index (χ2v) is 7.68. The number of rotatable bonds is 8. The van der Waals surface area contributed by atoms with E-state index in [0.717, 1.165) is 5.56 Å². The van der Waals surface area contributed by atoms with Gasteiger partial charge in [-0.3, -0.25) is 4.79 Å². The fourth-order valence-corrected chi connectivity index (χ4v) is 3.61. The number of ether oxygens (including phenoxy) is 1. The third-order valence-corrected chi connectivity index (χ3v) is 5.35. The number of hydrogen-bond acceptors (Lipinski definition) is 6. The van der Waals surface area contributed by atoms with Crippen LogP contribution in [-0.4, -0.2) is 26.5 Å². The van der Waals surface area contributed by atoms with Gasteiger partial charge in [-0.1, -0.05) is 48.5 Å². The summed E-state index contributed by atoms with van der Waals surface area (Å²) in [5.41, 5.74) is 1.12. The molecule has 146 valence electrons. The Morgan fingerprint density at radius 1 is 1.07 bits per heavy atom. The predicted octanol–water partition coefficient (Wildman–Crippen LogP) is 3.64. The van der Waals surface area contributed by atoms with Crippen LogP contribution in [0, 0.1) is 0 Å². The molecule has 3 aromatic rings. The standard InChI is InChI=1S/C20H20N2O5S/c1-26-18(23)14-8-13-17-21-19(15-9-4-2-5-10-15)20(27-17)22-28(24,25)16-11-6-3-7-12-16/h2-7,9-12,22H,8,13-14H2,1H3. The molecule has 0 atom stereocenters. The van der Waals surface area contributed by atoms with Crippen LogP contribution in [0.4, 0.5) is 5.88 Å². The van der Waals surface area contributed by atoms with Crippen molar-refractivity contribution in [3.63, 3.8) is 0 Å². The van der Waals surface area contributed by atoms with Crippen LogP contribution in [-0.2, 0) is 26.0 Å². The topological polar surface area (TPSA) is 98.5 Å². The summed E-state index contributed by atoms with van der Waals surface area (Å²) in [5.74, 6) is 0.0662. The van der Waals surface area contributed by atoms with Crippen molar-refractivity contribution >= 4 is 21.9 Å². The summed E-state index contributed by atoms with van der Waals surface area (Å²) in [4.78, 5) is 15.8. The quantitative estimate of drug-likeness (QED) is 0.580. The van der Waals surface area contributed by atoms with E-state index in [0.29, 0.717) is 24.4 Å². The van der Waals surface area contributed by atoms with E-state index < -0.39 is 10.0 Å². The number of nitrogens with zero attached hydrogens (tertiary/aromatic N) is 1. The second kappa shape index (κ2) is 8.71. The molecule has 0 radical (unpaired) electrons. The monoisotopic (exact) mass is 400 g/mol. The summed E-state index contributed by atoms with van der Waals surface area (Å²) in [7, 11) is -2.50. The largest absolute Gasteiger partial charge is 0.469 e. The highest BCUT2D eigenvalue weighted by molar-refractivity contribution is 7.92. The maximum atomic E-state index is 12.7. The Morgan fingerprint density at radius 2 is 1.71 bits per heavy atom. The van der Waals surface area contributed by atoms with Gasteiger partial charge in [0.25, 0.3) is 10.0 Å². The molecule has 0 saturated heterocycles. The molecule has 0 amide bonds. The average Bonchev–Trinajstić information content (AvgIpc) is 3.11. The minimum Gasteiger partial charge on any atom is -0.469 e. The van der Waals surface area contributed by atoms with Crippen LogP contribution in [0.5, 0.6) is 0 Å². The molecule has 0 unspecified atom stereocenters. The number of benzene rings is 2. The second-order valence-electron chi connectivity index (χ2n) is 6.00. The molecule has 0 saturated carbocycles. The number of esters is 1. The van der Waals surface area contributed by atoms with E-state index >= 15 is 0 Å². The average molecular weight is 400 g/mol. The first-order valence-electron chi connectivity index (χ1n) is 8.69. The van der Waals surface area contributed by atoms with Crippen molar-refractivity contribution in [2.24, 2.45) is 0 Å². The first-order chi connectivity index (χ1) is 13.5. The highest BCUT2D eigenvalue weighted by Gasteiger charge is 2.22. The number of methoxy groups -OCH3 is 1. The molecule has 0 aliphatic heterocycles. The molecule has 7 nitrogen and oxygen atoms in total. The van der Waals surface area contributed by atoms with Crippen LogP contribution in [0.1, 0.15) is 18.7 Å². The number of anilines is 1. The van der Waals surface area contributed by atoms with Crippen molar-refractivity contribution in [2.75, 3.05) is 11.8 Å². The first kappa shape index (κ1) is 19.6. The van der Waals surface area contributed by atoms with E-state index in [4.69, 9.17) is 4.42 Å². The van der Waals surface area contributed by atoms with E-state index in [1.807, 2.05) is 30.3 Å². The van der Waals surface area contributed by atoms with Crippen molar-refractivity contribution in [3.05, 3.63) is 66.6 Å². The number of nitrogens with one attached hydrogen (secondary N) is 1. The van der Waals surface area contributed by atoms with Gasteiger partial charge >= 0.3 is 5.97 Å². The molecule has 0 aliphatic carbocycles. The Bertz CT molecular complexity index is 1030. The van der Waals surface area contributed by atoms with Gasteiger partial charge in [-0.05, 0) is 18.6 Å². The molecule has 8 heteroatoms. The number of sulfonamides is 1. The maximum Gasteiger partial charge on any atom is 0.305 e.